The van der Waals surface area contributed by atoms with Crippen LogP contribution in [0, 0.1) is 13.8 Å². The molecule has 0 unspecified atom stereocenters. The number of amides is 3. The second kappa shape index (κ2) is 7.94. The van der Waals surface area contributed by atoms with E-state index in [9.17, 15) is 14.4 Å². The van der Waals surface area contributed by atoms with Gasteiger partial charge < -0.3 is 5.32 Å². The molecule has 5 rings (SSSR count). The fourth-order valence-electron chi connectivity index (χ4n) is 4.21. The Kier molecular flexibility index (Phi) is 5.09. The Morgan fingerprint density at radius 3 is 2.25 bits per heavy atom. The van der Waals surface area contributed by atoms with Gasteiger partial charge in [-0.3, -0.25) is 19.3 Å². The van der Waals surface area contributed by atoms with Gasteiger partial charge in [-0.15, -0.1) is 0 Å². The molecule has 1 saturated heterocycles. The summed E-state index contributed by atoms with van der Waals surface area (Å²) in [6, 6.07) is 12.8. The highest BCUT2D eigenvalue weighted by molar-refractivity contribution is 7.98. The highest BCUT2D eigenvalue weighted by Crippen LogP contribution is 2.36. The van der Waals surface area contributed by atoms with E-state index in [4.69, 9.17) is 5.10 Å². The zero-order valence-corrected chi connectivity index (χ0v) is 18.7. The average Bonchev–Trinajstić information content (AvgIpc) is 3.43. The monoisotopic (exact) mass is 446 g/mol. The van der Waals surface area contributed by atoms with Crippen molar-refractivity contribution in [1.82, 2.24) is 9.78 Å². The number of carbonyl (C=O) groups is 3. The first-order valence-corrected chi connectivity index (χ1v) is 11.6. The third-order valence-electron chi connectivity index (χ3n) is 5.67. The number of rotatable bonds is 4. The molecule has 1 fully saturated rings. The lowest BCUT2D eigenvalue weighted by Gasteiger charge is -2.15. The van der Waals surface area contributed by atoms with Gasteiger partial charge in [0.15, 0.2) is 0 Å². The number of aryl methyl sites for hydroxylation is 2. The van der Waals surface area contributed by atoms with E-state index in [1.807, 2.05) is 18.5 Å². The number of nitrogens with zero attached hydrogens (tertiary/aromatic N) is 3. The number of imide groups is 1. The third-order valence-corrected chi connectivity index (χ3v) is 6.64. The predicted molar refractivity (Wildman–Crippen MR) is 124 cm³/mol. The van der Waals surface area contributed by atoms with E-state index < -0.39 is 0 Å². The van der Waals surface area contributed by atoms with E-state index in [1.165, 1.54) is 4.90 Å². The summed E-state index contributed by atoms with van der Waals surface area (Å²) >= 11 is 1.78. The minimum atomic E-state index is -0.263. The van der Waals surface area contributed by atoms with Crippen LogP contribution < -0.4 is 10.2 Å². The maximum Gasteiger partial charge on any atom is 0.256 e. The Morgan fingerprint density at radius 1 is 0.938 bits per heavy atom. The van der Waals surface area contributed by atoms with Crippen molar-refractivity contribution in [3.8, 4) is 5.69 Å². The van der Waals surface area contributed by atoms with Gasteiger partial charge >= 0.3 is 0 Å². The number of carbonyl (C=O) groups excluding carboxylic acids is 3. The molecule has 3 aromatic rings. The molecule has 8 heteroatoms. The normalized spacial score (nSPS) is 15.4. The molecule has 0 bridgehead atoms. The first-order valence-electron chi connectivity index (χ1n) is 10.4. The lowest BCUT2D eigenvalue weighted by atomic mass is 10.1. The molecule has 0 spiro atoms. The molecule has 0 aliphatic carbocycles. The minimum Gasteiger partial charge on any atom is -0.306 e. The summed E-state index contributed by atoms with van der Waals surface area (Å²) in [7, 11) is 0. The summed E-state index contributed by atoms with van der Waals surface area (Å²) in [5, 5.41) is 7.82. The van der Waals surface area contributed by atoms with Gasteiger partial charge in [0.1, 0.15) is 5.82 Å². The highest BCUT2D eigenvalue weighted by atomic mass is 32.2. The van der Waals surface area contributed by atoms with Crippen LogP contribution in [0.1, 0.15) is 45.6 Å². The Morgan fingerprint density at radius 2 is 1.59 bits per heavy atom. The van der Waals surface area contributed by atoms with Crippen LogP contribution in [0.4, 0.5) is 11.5 Å². The zero-order chi connectivity index (χ0) is 22.4. The fourth-order valence-corrected chi connectivity index (χ4v) is 5.24. The van der Waals surface area contributed by atoms with Crippen LogP contribution in [0.5, 0.6) is 0 Å². The number of aromatic nitrogens is 2. The van der Waals surface area contributed by atoms with E-state index in [1.54, 1.807) is 36.0 Å². The van der Waals surface area contributed by atoms with Gasteiger partial charge in [-0.2, -0.15) is 16.9 Å². The number of nitrogens with one attached hydrogen (secondary N) is 1. The molecule has 7 nitrogen and oxygen atoms in total. The maximum atomic E-state index is 13.1. The molecule has 3 heterocycles. The van der Waals surface area contributed by atoms with E-state index in [0.717, 1.165) is 39.6 Å². The number of benzene rings is 2. The average molecular weight is 447 g/mol. The van der Waals surface area contributed by atoms with Crippen molar-refractivity contribution in [3.63, 3.8) is 0 Å². The van der Waals surface area contributed by atoms with Crippen molar-refractivity contribution in [2.75, 3.05) is 10.2 Å². The van der Waals surface area contributed by atoms with Gasteiger partial charge in [-0.05, 0) is 61.4 Å². The van der Waals surface area contributed by atoms with Crippen LogP contribution in [-0.2, 0) is 21.1 Å². The number of hydrogen-bond donors (Lipinski definition) is 1. The van der Waals surface area contributed by atoms with Crippen molar-refractivity contribution in [2.24, 2.45) is 0 Å². The topological polar surface area (TPSA) is 84.3 Å². The fraction of sp³-hybridized carbons (Fsp3) is 0.250. The number of thioether (sulfide) groups is 1. The van der Waals surface area contributed by atoms with E-state index >= 15 is 0 Å². The molecule has 32 heavy (non-hydrogen) atoms. The van der Waals surface area contributed by atoms with Crippen molar-refractivity contribution < 1.29 is 14.4 Å². The largest absolute Gasteiger partial charge is 0.306 e. The molecule has 2 aromatic carbocycles. The van der Waals surface area contributed by atoms with E-state index in [0.29, 0.717) is 17.1 Å². The molecular formula is C24H22N4O3S. The molecule has 0 saturated carbocycles. The molecule has 0 atom stereocenters. The van der Waals surface area contributed by atoms with Gasteiger partial charge in [0.05, 0.1) is 17.1 Å². The number of anilines is 2. The number of fused-ring (bicyclic) bond motifs is 1. The Hall–Kier alpha value is -3.39. The molecule has 1 aromatic heterocycles. The Labute approximate surface area is 189 Å². The summed E-state index contributed by atoms with van der Waals surface area (Å²) in [6.45, 7) is 4.08. The Bertz CT molecular complexity index is 1230. The summed E-state index contributed by atoms with van der Waals surface area (Å²) in [4.78, 5) is 38.2. The maximum absolute atomic E-state index is 13.1. The molecular weight excluding hydrogens is 424 g/mol. The Balaban J connectivity index is 1.45. The van der Waals surface area contributed by atoms with Crippen molar-refractivity contribution in [1.29, 1.82) is 0 Å². The van der Waals surface area contributed by atoms with Crippen LogP contribution in [0.15, 0.2) is 42.5 Å². The first kappa shape index (κ1) is 20.5. The van der Waals surface area contributed by atoms with Gasteiger partial charge in [0.2, 0.25) is 11.8 Å². The van der Waals surface area contributed by atoms with Crippen molar-refractivity contribution in [3.05, 3.63) is 70.4 Å². The van der Waals surface area contributed by atoms with Crippen LogP contribution in [0.25, 0.3) is 5.69 Å². The SMILES string of the molecule is Cc1cc(C)cc(-n2nc3c(c2NC(=O)c2ccc(N4C(=O)CCC4=O)cc2)CSC3)c1. The lowest BCUT2D eigenvalue weighted by molar-refractivity contribution is -0.121. The van der Waals surface area contributed by atoms with Crippen LogP contribution in [-0.4, -0.2) is 27.5 Å². The summed E-state index contributed by atoms with van der Waals surface area (Å²) in [5.41, 5.74) is 6.15. The molecule has 2 aliphatic rings. The van der Waals surface area contributed by atoms with Crippen LogP contribution >= 0.6 is 11.8 Å². The van der Waals surface area contributed by atoms with Crippen LogP contribution in [0.3, 0.4) is 0 Å². The van der Waals surface area contributed by atoms with Gasteiger partial charge in [0.25, 0.3) is 5.91 Å². The van der Waals surface area contributed by atoms with Crippen molar-refractivity contribution in [2.45, 2.75) is 38.2 Å². The van der Waals surface area contributed by atoms with Crippen molar-refractivity contribution >= 4 is 41.0 Å². The van der Waals surface area contributed by atoms with Crippen LogP contribution in [0.2, 0.25) is 0 Å². The standard InChI is InChI=1S/C24H22N4O3S/c1-14-9-15(2)11-18(10-14)28-23(19-12-32-13-20(19)26-28)25-24(31)16-3-5-17(6-4-16)27-21(29)7-8-22(27)30/h3-6,9-11H,7-8,12-13H2,1-2H3,(H,25,31). The molecule has 1 N–H and O–H groups in total. The lowest BCUT2D eigenvalue weighted by Crippen LogP contribution is -2.28. The smallest absolute Gasteiger partial charge is 0.256 e. The van der Waals surface area contributed by atoms with E-state index in [-0.39, 0.29) is 30.6 Å². The third kappa shape index (κ3) is 3.60. The zero-order valence-electron chi connectivity index (χ0n) is 17.8. The first-order chi connectivity index (χ1) is 15.4. The molecule has 0 radical (unpaired) electrons. The quantitative estimate of drug-likeness (QED) is 0.609. The minimum absolute atomic E-state index is 0.211. The summed E-state index contributed by atoms with van der Waals surface area (Å²) in [6.07, 6.45) is 0.458. The second-order valence-corrected chi connectivity index (χ2v) is 9.13. The highest BCUT2D eigenvalue weighted by Gasteiger charge is 2.30. The molecule has 162 valence electrons. The van der Waals surface area contributed by atoms with Gasteiger partial charge in [0, 0.05) is 35.5 Å². The second-order valence-electron chi connectivity index (χ2n) is 8.15. The summed E-state index contributed by atoms with van der Waals surface area (Å²) in [5.74, 6) is 1.63. The summed E-state index contributed by atoms with van der Waals surface area (Å²) < 4.78 is 1.82. The number of hydrogen-bond acceptors (Lipinski definition) is 5. The predicted octanol–water partition coefficient (Wildman–Crippen LogP) is 4.14. The molecule has 3 amide bonds. The van der Waals surface area contributed by atoms with Gasteiger partial charge in [-0.25, -0.2) is 4.68 Å². The van der Waals surface area contributed by atoms with E-state index in [2.05, 4.69) is 23.5 Å². The molecule has 2 aliphatic heterocycles. The van der Waals surface area contributed by atoms with Gasteiger partial charge in [-0.1, -0.05) is 6.07 Å².